The highest BCUT2D eigenvalue weighted by molar-refractivity contribution is 8.93. The van der Waals surface area contributed by atoms with Crippen LogP contribution in [-0.2, 0) is 13.3 Å². The smallest absolute Gasteiger partial charge is 0.373 e. The normalized spacial score (nSPS) is 10.8. The van der Waals surface area contributed by atoms with Crippen molar-refractivity contribution in [2.45, 2.75) is 0 Å². The fourth-order valence-electron chi connectivity index (χ4n) is 1.25. The molecule has 0 saturated heterocycles. The van der Waals surface area contributed by atoms with E-state index in [0.717, 1.165) is 5.19 Å². The van der Waals surface area contributed by atoms with Crippen molar-refractivity contribution in [3.8, 4) is 0 Å². The van der Waals surface area contributed by atoms with Crippen LogP contribution in [0.15, 0.2) is 30.3 Å². The molecule has 0 unspecified atom stereocenters. The number of hydrogen-bond acceptors (Lipinski definition) is 3. The van der Waals surface area contributed by atoms with E-state index in [1.807, 2.05) is 30.3 Å². The maximum Gasteiger partial charge on any atom is 0.536 e. The van der Waals surface area contributed by atoms with Crippen LogP contribution in [0.25, 0.3) is 0 Å². The monoisotopic (exact) mass is 278 g/mol. The summed E-state index contributed by atoms with van der Waals surface area (Å²) in [5.74, 6) is 0. The fraction of sp³-hybridized carbons (Fsp3) is 0.333. The van der Waals surface area contributed by atoms with Crippen LogP contribution in [0, 0.1) is 0 Å². The van der Waals surface area contributed by atoms with Crippen molar-refractivity contribution < 1.29 is 13.3 Å². The van der Waals surface area contributed by atoms with Gasteiger partial charge in [0.1, 0.15) is 0 Å². The van der Waals surface area contributed by atoms with Crippen LogP contribution in [-0.4, -0.2) is 30.1 Å². The summed E-state index contributed by atoms with van der Waals surface area (Å²) in [5, 5.41) is 0.975. The zero-order chi connectivity index (χ0) is 9.73. The van der Waals surface area contributed by atoms with Crippen LogP contribution < -0.4 is 5.19 Å². The fourth-order valence-corrected chi connectivity index (χ4v) is 3.05. The largest absolute Gasteiger partial charge is 0.536 e. The molecule has 0 aliphatic carbocycles. The molecule has 0 N–H and O–H groups in total. The number of hydrogen-bond donors (Lipinski definition) is 0. The first kappa shape index (κ1) is 13.8. The van der Waals surface area contributed by atoms with E-state index in [1.165, 1.54) is 0 Å². The Balaban J connectivity index is 0.00000169. The third-order valence-corrected chi connectivity index (χ3v) is 4.59. The minimum absolute atomic E-state index is 0. The molecule has 0 bridgehead atoms. The standard InChI is InChI=1S/C9H14O3Si.BrH/c1-10-13(11-2,12-3)9-7-5-4-6-8-9;/h4-8H,1-3H3;1H. The minimum Gasteiger partial charge on any atom is -0.373 e. The first-order valence-corrected chi connectivity index (χ1v) is 5.72. The van der Waals surface area contributed by atoms with Gasteiger partial charge in [0.2, 0.25) is 0 Å². The molecule has 5 heteroatoms. The third-order valence-electron chi connectivity index (χ3n) is 1.93. The van der Waals surface area contributed by atoms with Gasteiger partial charge in [-0.25, -0.2) is 0 Å². The van der Waals surface area contributed by atoms with Crippen molar-refractivity contribution in [3.05, 3.63) is 30.3 Å². The molecule has 3 nitrogen and oxygen atoms in total. The second-order valence-electron chi connectivity index (χ2n) is 2.53. The summed E-state index contributed by atoms with van der Waals surface area (Å²) in [7, 11) is 2.22. The zero-order valence-corrected chi connectivity index (χ0v) is 11.2. The highest BCUT2D eigenvalue weighted by Crippen LogP contribution is 2.05. The molecule has 0 aromatic heterocycles. The van der Waals surface area contributed by atoms with Gasteiger partial charge in [-0.05, 0) is 0 Å². The van der Waals surface area contributed by atoms with Gasteiger partial charge in [0.25, 0.3) is 0 Å². The molecule has 1 aromatic carbocycles. The van der Waals surface area contributed by atoms with Gasteiger partial charge < -0.3 is 13.3 Å². The Labute approximate surface area is 96.1 Å². The average Bonchev–Trinajstić information content (AvgIpc) is 2.23. The lowest BCUT2D eigenvalue weighted by Gasteiger charge is -2.24. The number of rotatable bonds is 4. The Kier molecular flexibility index (Phi) is 6.22. The van der Waals surface area contributed by atoms with Gasteiger partial charge in [-0.15, -0.1) is 17.0 Å². The summed E-state index contributed by atoms with van der Waals surface area (Å²) in [6.45, 7) is 0. The summed E-state index contributed by atoms with van der Waals surface area (Å²) in [6, 6.07) is 9.72. The molecule has 0 aliphatic heterocycles. The van der Waals surface area contributed by atoms with Crippen LogP contribution in [0.1, 0.15) is 0 Å². The second-order valence-corrected chi connectivity index (χ2v) is 5.45. The van der Waals surface area contributed by atoms with Gasteiger partial charge in [-0.2, -0.15) is 0 Å². The Bertz CT molecular complexity index is 243. The quantitative estimate of drug-likeness (QED) is 0.779. The molecule has 0 heterocycles. The highest BCUT2D eigenvalue weighted by atomic mass is 79.9. The van der Waals surface area contributed by atoms with Crippen molar-refractivity contribution in [2.75, 3.05) is 21.3 Å². The minimum atomic E-state index is -2.59. The SMILES string of the molecule is Br.CO[Si](OC)(OC)c1ccccc1. The van der Waals surface area contributed by atoms with E-state index in [9.17, 15) is 0 Å². The topological polar surface area (TPSA) is 27.7 Å². The second kappa shape index (κ2) is 6.31. The van der Waals surface area contributed by atoms with Crippen LogP contribution in [0.3, 0.4) is 0 Å². The summed E-state index contributed by atoms with van der Waals surface area (Å²) >= 11 is 0. The predicted octanol–water partition coefficient (Wildman–Crippen LogP) is 1.35. The summed E-state index contributed by atoms with van der Waals surface area (Å²) in [5.41, 5.74) is 0. The van der Waals surface area contributed by atoms with E-state index in [4.69, 9.17) is 13.3 Å². The molecule has 80 valence electrons. The first-order chi connectivity index (χ1) is 6.29. The molecule has 0 aliphatic rings. The number of benzene rings is 1. The molecular formula is C9H15BrO3Si. The molecular weight excluding hydrogens is 264 g/mol. The lowest BCUT2D eigenvalue weighted by Crippen LogP contribution is -2.54. The molecule has 0 radical (unpaired) electrons. The molecule has 1 aromatic rings. The third kappa shape index (κ3) is 2.65. The average molecular weight is 279 g/mol. The van der Waals surface area contributed by atoms with Crippen molar-refractivity contribution in [1.82, 2.24) is 0 Å². The van der Waals surface area contributed by atoms with Crippen molar-refractivity contribution in [1.29, 1.82) is 0 Å². The molecule has 0 atom stereocenters. The van der Waals surface area contributed by atoms with Gasteiger partial charge in [-0.3, -0.25) is 0 Å². The Morgan fingerprint density at radius 1 is 0.857 bits per heavy atom. The molecule has 1 rings (SSSR count). The van der Waals surface area contributed by atoms with Crippen LogP contribution in [0.5, 0.6) is 0 Å². The Morgan fingerprint density at radius 2 is 1.29 bits per heavy atom. The summed E-state index contributed by atoms with van der Waals surface area (Å²) < 4.78 is 16.0. The van der Waals surface area contributed by atoms with Crippen LogP contribution >= 0.6 is 17.0 Å². The van der Waals surface area contributed by atoms with E-state index < -0.39 is 8.80 Å². The molecule has 0 fully saturated rings. The van der Waals surface area contributed by atoms with Gasteiger partial charge in [-0.1, -0.05) is 30.3 Å². The first-order valence-electron chi connectivity index (χ1n) is 4.00. The summed E-state index contributed by atoms with van der Waals surface area (Å²) in [6.07, 6.45) is 0. The molecule has 0 spiro atoms. The van der Waals surface area contributed by atoms with Crippen molar-refractivity contribution >= 4 is 31.0 Å². The van der Waals surface area contributed by atoms with Crippen LogP contribution in [0.2, 0.25) is 0 Å². The van der Waals surface area contributed by atoms with Gasteiger partial charge >= 0.3 is 8.80 Å². The number of halogens is 1. The van der Waals surface area contributed by atoms with Crippen molar-refractivity contribution in [2.24, 2.45) is 0 Å². The van der Waals surface area contributed by atoms with E-state index >= 15 is 0 Å². The molecule has 0 amide bonds. The lowest BCUT2D eigenvalue weighted by molar-refractivity contribution is 0.140. The highest BCUT2D eigenvalue weighted by Gasteiger charge is 2.40. The van der Waals surface area contributed by atoms with E-state index in [1.54, 1.807) is 21.3 Å². The van der Waals surface area contributed by atoms with Gasteiger partial charge in [0, 0.05) is 26.5 Å². The van der Waals surface area contributed by atoms with Gasteiger partial charge in [0.05, 0.1) is 0 Å². The summed E-state index contributed by atoms with van der Waals surface area (Å²) in [4.78, 5) is 0. The maximum absolute atomic E-state index is 5.32. The Hall–Kier alpha value is -0.203. The van der Waals surface area contributed by atoms with E-state index in [2.05, 4.69) is 0 Å². The van der Waals surface area contributed by atoms with Crippen molar-refractivity contribution in [3.63, 3.8) is 0 Å². The van der Waals surface area contributed by atoms with Crippen LogP contribution in [0.4, 0.5) is 0 Å². The zero-order valence-electron chi connectivity index (χ0n) is 8.52. The molecule has 0 saturated carbocycles. The maximum atomic E-state index is 5.32. The Morgan fingerprint density at radius 3 is 1.64 bits per heavy atom. The predicted molar refractivity (Wildman–Crippen MR) is 63.2 cm³/mol. The van der Waals surface area contributed by atoms with Gasteiger partial charge in [0.15, 0.2) is 0 Å². The molecule has 14 heavy (non-hydrogen) atoms. The lowest BCUT2D eigenvalue weighted by atomic mass is 10.4. The van der Waals surface area contributed by atoms with E-state index in [0.29, 0.717) is 0 Å². The van der Waals surface area contributed by atoms with E-state index in [-0.39, 0.29) is 17.0 Å².